The van der Waals surface area contributed by atoms with E-state index >= 15 is 0 Å². The summed E-state index contributed by atoms with van der Waals surface area (Å²) in [5.74, 6) is 0. The monoisotopic (exact) mass is 611 g/mol. The predicted molar refractivity (Wildman–Crippen MR) is 157 cm³/mol. The van der Waals surface area contributed by atoms with Crippen molar-refractivity contribution in [2.75, 3.05) is 26.2 Å². The number of aryl methyl sites for hydroxylation is 2. The third-order valence-electron chi connectivity index (χ3n) is 8.75. The lowest BCUT2D eigenvalue weighted by Gasteiger charge is -2.39. The largest absolute Gasteiger partial charge is 1.00 e. The molecule has 0 amide bonds. The first-order chi connectivity index (χ1) is 20.4. The van der Waals surface area contributed by atoms with Crippen molar-refractivity contribution in [3.8, 4) is 11.1 Å². The molecule has 3 N–H and O–H groups in total. The van der Waals surface area contributed by atoms with Gasteiger partial charge in [-0.3, -0.25) is 4.68 Å². The molecule has 2 aromatic heterocycles. The zero-order valence-corrected chi connectivity index (χ0v) is 25.5. The summed E-state index contributed by atoms with van der Waals surface area (Å²) in [5.41, 5.74) is 5.54. The average Bonchev–Trinajstić information content (AvgIpc) is 3.66. The average molecular weight is 612 g/mol. The SMILES string of the molecule is CCn1c[n+](CC)c2ccc(-c3cnn(C4CCN(C[C@H](O)[C@@H](O)[C@@H]5OC(c6ccccc6)OC[C@H]5O)CC4)c3)cc21.[Cl-]. The van der Waals surface area contributed by atoms with Gasteiger partial charge in [-0.2, -0.15) is 5.10 Å². The Balaban J connectivity index is 0.00000368. The van der Waals surface area contributed by atoms with Gasteiger partial charge >= 0.3 is 0 Å². The van der Waals surface area contributed by atoms with Gasteiger partial charge in [-0.05, 0) is 50.5 Å². The summed E-state index contributed by atoms with van der Waals surface area (Å²) in [4.78, 5) is 2.16. The normalized spacial score (nSPS) is 23.2. The number of aliphatic hydroxyl groups is 3. The van der Waals surface area contributed by atoms with E-state index in [0.29, 0.717) is 6.54 Å². The van der Waals surface area contributed by atoms with Gasteiger partial charge in [-0.1, -0.05) is 30.3 Å². The fraction of sp³-hybridized carbons (Fsp3) is 0.500. The molecule has 0 aliphatic carbocycles. The van der Waals surface area contributed by atoms with Crippen molar-refractivity contribution in [3.05, 3.63) is 72.8 Å². The number of likely N-dealkylation sites (tertiary alicyclic amines) is 1. The lowest BCUT2D eigenvalue weighted by Crippen LogP contribution is -3.00. The second kappa shape index (κ2) is 13.9. The van der Waals surface area contributed by atoms with Gasteiger partial charge in [0, 0.05) is 37.0 Å². The van der Waals surface area contributed by atoms with Crippen LogP contribution >= 0.6 is 0 Å². The van der Waals surface area contributed by atoms with Gasteiger partial charge in [0.05, 0.1) is 38.0 Å². The summed E-state index contributed by atoms with van der Waals surface area (Å²) in [7, 11) is 0. The fourth-order valence-electron chi connectivity index (χ4n) is 6.26. The van der Waals surface area contributed by atoms with Gasteiger partial charge in [0.1, 0.15) is 18.3 Å². The zero-order chi connectivity index (χ0) is 29.2. The minimum atomic E-state index is -1.24. The molecule has 6 rings (SSSR count). The lowest BCUT2D eigenvalue weighted by atomic mass is 9.99. The molecule has 2 aliphatic rings. The molecule has 1 unspecified atom stereocenters. The molecule has 232 valence electrons. The van der Waals surface area contributed by atoms with Gasteiger partial charge in [0.2, 0.25) is 6.33 Å². The Hall–Kier alpha value is -2.83. The van der Waals surface area contributed by atoms with Crippen molar-refractivity contribution in [1.29, 1.82) is 0 Å². The highest BCUT2D eigenvalue weighted by atomic mass is 35.5. The summed E-state index contributed by atoms with van der Waals surface area (Å²) in [6.45, 7) is 8.08. The predicted octanol–water partition coefficient (Wildman–Crippen LogP) is -0.330. The second-order valence-electron chi connectivity index (χ2n) is 11.4. The Morgan fingerprint density at radius 3 is 2.53 bits per heavy atom. The number of hydrogen-bond acceptors (Lipinski definition) is 7. The molecule has 4 heterocycles. The number of piperidine rings is 1. The lowest BCUT2D eigenvalue weighted by molar-refractivity contribution is -0.668. The number of β-amino-alcohol motifs (C(OH)–C–C–N with tert-alkyl or cyclic N) is 1. The van der Waals surface area contributed by atoms with Crippen LogP contribution < -0.4 is 17.0 Å². The fourth-order valence-corrected chi connectivity index (χ4v) is 6.26. The van der Waals surface area contributed by atoms with Gasteiger partial charge in [-0.15, -0.1) is 0 Å². The molecule has 2 saturated heterocycles. The van der Waals surface area contributed by atoms with Crippen LogP contribution in [-0.4, -0.2) is 85.2 Å². The summed E-state index contributed by atoms with van der Waals surface area (Å²) in [5, 5.41) is 37.0. The number of aromatic nitrogens is 4. The second-order valence-corrected chi connectivity index (χ2v) is 11.4. The van der Waals surface area contributed by atoms with Crippen molar-refractivity contribution < 1.29 is 41.8 Å². The van der Waals surface area contributed by atoms with E-state index in [1.165, 1.54) is 11.0 Å². The third-order valence-corrected chi connectivity index (χ3v) is 8.75. The molecule has 10 nitrogen and oxygen atoms in total. The summed E-state index contributed by atoms with van der Waals surface area (Å²) in [6, 6.07) is 16.3. The molecule has 0 saturated carbocycles. The Kier molecular flexibility index (Phi) is 10.2. The van der Waals surface area contributed by atoms with Crippen LogP contribution in [0.1, 0.15) is 44.6 Å². The number of hydrogen-bond donors (Lipinski definition) is 3. The Labute approximate surface area is 258 Å². The number of fused-ring (bicyclic) bond motifs is 1. The van der Waals surface area contributed by atoms with Crippen molar-refractivity contribution in [1.82, 2.24) is 19.2 Å². The van der Waals surface area contributed by atoms with Gasteiger partial charge in [-0.25, -0.2) is 9.13 Å². The maximum atomic E-state index is 10.9. The smallest absolute Gasteiger partial charge is 0.244 e. The Bertz CT molecular complexity index is 1470. The van der Waals surface area contributed by atoms with Crippen LogP contribution in [0.2, 0.25) is 0 Å². The van der Waals surface area contributed by atoms with E-state index in [9.17, 15) is 15.3 Å². The first kappa shape index (κ1) is 31.6. The first-order valence-corrected chi connectivity index (χ1v) is 15.1. The van der Waals surface area contributed by atoms with Crippen LogP contribution in [0.25, 0.3) is 22.2 Å². The minimum Gasteiger partial charge on any atom is -1.00 e. The maximum Gasteiger partial charge on any atom is 0.244 e. The molecule has 2 aliphatic heterocycles. The molecule has 43 heavy (non-hydrogen) atoms. The first-order valence-electron chi connectivity index (χ1n) is 15.1. The van der Waals surface area contributed by atoms with E-state index in [1.807, 2.05) is 36.5 Å². The molecule has 0 bridgehead atoms. The number of imidazole rings is 1. The molecule has 0 spiro atoms. The molecular formula is C32H42ClN5O5. The van der Waals surface area contributed by atoms with Crippen molar-refractivity contribution in [3.63, 3.8) is 0 Å². The highest BCUT2D eigenvalue weighted by Gasteiger charge is 2.40. The maximum absolute atomic E-state index is 10.9. The van der Waals surface area contributed by atoms with Crippen LogP contribution in [-0.2, 0) is 22.6 Å². The van der Waals surface area contributed by atoms with E-state index in [4.69, 9.17) is 14.6 Å². The third kappa shape index (κ3) is 6.66. The van der Waals surface area contributed by atoms with E-state index in [0.717, 1.165) is 55.7 Å². The molecule has 2 aromatic carbocycles. The van der Waals surface area contributed by atoms with E-state index in [2.05, 4.69) is 63.3 Å². The topological polar surface area (TPSA) is 109 Å². The van der Waals surface area contributed by atoms with Gasteiger partial charge < -0.3 is 42.1 Å². The summed E-state index contributed by atoms with van der Waals surface area (Å²) >= 11 is 0. The summed E-state index contributed by atoms with van der Waals surface area (Å²) in [6.07, 6.45) is 3.11. The molecule has 5 atom stereocenters. The highest BCUT2D eigenvalue weighted by Crippen LogP contribution is 2.30. The number of aliphatic hydroxyl groups excluding tert-OH is 3. The van der Waals surface area contributed by atoms with Crippen molar-refractivity contribution >= 4 is 11.0 Å². The molecular weight excluding hydrogens is 570 g/mol. The Morgan fingerprint density at radius 2 is 1.81 bits per heavy atom. The van der Waals surface area contributed by atoms with E-state index in [1.54, 1.807) is 0 Å². The van der Waals surface area contributed by atoms with Gasteiger partial charge in [0.25, 0.3) is 0 Å². The number of nitrogens with zero attached hydrogens (tertiary/aromatic N) is 5. The van der Waals surface area contributed by atoms with E-state index < -0.39 is 30.7 Å². The number of benzene rings is 2. The quantitative estimate of drug-likeness (QED) is 0.223. The van der Waals surface area contributed by atoms with Crippen LogP contribution in [0, 0.1) is 0 Å². The molecule has 0 radical (unpaired) electrons. The Morgan fingerprint density at radius 1 is 1.05 bits per heavy atom. The van der Waals surface area contributed by atoms with Crippen molar-refractivity contribution in [2.45, 2.75) is 76.5 Å². The molecule has 2 fully saturated rings. The standard InChI is InChI=1S/C32H42N5O5.ClH/c1-3-35-21-36(4-2)27-16-23(10-11-26(27)35)24-17-33-37(18-24)25-12-14-34(15-13-25)19-28(38)30(40)31-29(39)20-41-32(42-31)22-8-6-5-7-9-22;/h5-11,16-18,21,25,28-32,38-40H,3-4,12-15,19-20H2,1-2H3;1H/q+1;/p-1/t28-,29+,30+,31+,32?;/m0./s1. The summed E-state index contributed by atoms with van der Waals surface area (Å²) < 4.78 is 18.1. The zero-order valence-electron chi connectivity index (χ0n) is 24.7. The minimum absolute atomic E-state index is 0. The highest BCUT2D eigenvalue weighted by molar-refractivity contribution is 5.79. The molecule has 4 aromatic rings. The van der Waals surface area contributed by atoms with Crippen LogP contribution in [0.15, 0.2) is 67.3 Å². The van der Waals surface area contributed by atoms with Crippen LogP contribution in [0.4, 0.5) is 0 Å². The van der Waals surface area contributed by atoms with Crippen LogP contribution in [0.5, 0.6) is 0 Å². The van der Waals surface area contributed by atoms with Crippen molar-refractivity contribution in [2.24, 2.45) is 0 Å². The van der Waals surface area contributed by atoms with Gasteiger partial charge in [0.15, 0.2) is 17.3 Å². The molecule has 11 heteroatoms. The number of rotatable bonds is 9. The van der Waals surface area contributed by atoms with Crippen LogP contribution in [0.3, 0.4) is 0 Å². The number of ether oxygens (including phenoxy) is 2. The van der Waals surface area contributed by atoms with E-state index in [-0.39, 0.29) is 25.1 Å². The number of halogens is 1.